The van der Waals surface area contributed by atoms with Gasteiger partial charge in [-0.05, 0) is 57.7 Å². The van der Waals surface area contributed by atoms with Crippen LogP contribution in [0.15, 0.2) is 24.3 Å². The first-order valence-corrected chi connectivity index (χ1v) is 12.0. The largest absolute Gasteiger partial charge is 0.466 e. The van der Waals surface area contributed by atoms with Gasteiger partial charge in [0.2, 0.25) is 11.8 Å². The van der Waals surface area contributed by atoms with Crippen LogP contribution in [0.5, 0.6) is 0 Å². The van der Waals surface area contributed by atoms with Gasteiger partial charge in [-0.3, -0.25) is 14.4 Å². The quantitative estimate of drug-likeness (QED) is 0.403. The molecule has 0 bridgehead atoms. The number of amides is 2. The summed E-state index contributed by atoms with van der Waals surface area (Å²) < 4.78 is 18.6. The molecule has 0 radical (unpaired) electrons. The number of hydrogen-bond acceptors (Lipinski definition) is 6. The third-order valence-electron chi connectivity index (χ3n) is 5.64. The van der Waals surface area contributed by atoms with Crippen LogP contribution >= 0.6 is 11.6 Å². The lowest BCUT2D eigenvalue weighted by Gasteiger charge is -2.30. The Labute approximate surface area is 208 Å². The molecule has 1 aromatic rings. The number of hydrogen-bond donors (Lipinski definition) is 2. The lowest BCUT2D eigenvalue weighted by atomic mass is 9.83. The van der Waals surface area contributed by atoms with Crippen molar-refractivity contribution in [3.8, 4) is 0 Å². The fraction of sp³-hybridized carbons (Fsp3) is 0.600. The first-order chi connectivity index (χ1) is 16.4. The third kappa shape index (κ3) is 8.63. The minimum atomic E-state index is -1.17. The molecule has 3 atom stereocenters. The highest BCUT2D eigenvalue weighted by molar-refractivity contribution is 6.30. The van der Waals surface area contributed by atoms with Crippen LogP contribution in [0.2, 0.25) is 6.43 Å². The number of halogens is 1. The molecule has 0 saturated heterocycles. The smallest absolute Gasteiger partial charge is 0.328 e. The number of benzene rings is 1. The summed E-state index contributed by atoms with van der Waals surface area (Å²) >= 11 is 5.96. The summed E-state index contributed by atoms with van der Waals surface area (Å²) in [5, 5.41) is 3.80. The predicted molar refractivity (Wildman–Crippen MR) is 130 cm³/mol. The molecule has 0 aromatic heterocycles. The summed E-state index contributed by atoms with van der Waals surface area (Å²) in [7, 11) is 0. The van der Waals surface area contributed by atoms with Gasteiger partial charge in [0.25, 0.3) is 0 Å². The van der Waals surface area contributed by atoms with Crippen LogP contribution in [-0.4, -0.2) is 49.1 Å². The van der Waals surface area contributed by atoms with E-state index in [1.165, 1.54) is 0 Å². The summed E-state index contributed by atoms with van der Waals surface area (Å²) in [6, 6.07) is 4.45. The number of ether oxygens (including phenoxy) is 2. The van der Waals surface area contributed by atoms with Crippen molar-refractivity contribution in [2.24, 2.45) is 5.92 Å². The molecule has 34 heavy (non-hydrogen) atoms. The molecule has 0 fully saturated rings. The number of carbonyl (C=O) groups is 4. The molecule has 8 nitrogen and oxygen atoms in total. The van der Waals surface area contributed by atoms with E-state index < -0.39 is 41.3 Å². The third-order valence-corrected chi connectivity index (χ3v) is 5.89. The number of rotatable bonds is 13. The molecule has 0 spiro atoms. The van der Waals surface area contributed by atoms with Crippen LogP contribution in [-0.2, 0) is 34.1 Å². The zero-order valence-electron chi connectivity index (χ0n) is 21.9. The van der Waals surface area contributed by atoms with E-state index in [4.69, 9.17) is 22.5 Å². The van der Waals surface area contributed by atoms with Gasteiger partial charge in [-0.1, -0.05) is 44.0 Å². The fourth-order valence-electron chi connectivity index (χ4n) is 3.19. The fourth-order valence-corrected chi connectivity index (χ4v) is 3.32. The Morgan fingerprint density at radius 1 is 1.06 bits per heavy atom. The Kier molecular flexibility index (Phi) is 11.3. The van der Waals surface area contributed by atoms with Gasteiger partial charge < -0.3 is 20.1 Å². The Balaban J connectivity index is 3.16. The Morgan fingerprint density at radius 2 is 1.65 bits per heavy atom. The van der Waals surface area contributed by atoms with E-state index >= 15 is 0 Å². The van der Waals surface area contributed by atoms with E-state index in [0.717, 1.165) is 0 Å². The van der Waals surface area contributed by atoms with Crippen molar-refractivity contribution in [1.29, 1.82) is 0 Å². The van der Waals surface area contributed by atoms with Crippen molar-refractivity contribution in [2.45, 2.75) is 78.3 Å². The van der Waals surface area contributed by atoms with E-state index in [2.05, 4.69) is 5.32 Å². The van der Waals surface area contributed by atoms with Crippen molar-refractivity contribution in [3.05, 3.63) is 34.9 Å². The molecule has 2 amide bonds. The second-order valence-corrected chi connectivity index (χ2v) is 8.99. The van der Waals surface area contributed by atoms with Crippen molar-refractivity contribution < 1.29 is 30.1 Å². The second kappa shape index (κ2) is 13.9. The van der Waals surface area contributed by atoms with Crippen molar-refractivity contribution in [2.75, 3.05) is 13.2 Å². The maximum Gasteiger partial charge on any atom is 0.328 e. The molecule has 1 rings (SSSR count). The summed E-state index contributed by atoms with van der Waals surface area (Å²) in [4.78, 5) is 51.0. The SMILES string of the molecule is [2H]N(C(=O)C(C)(C)c1ccc(Cl)cc1)[C@H](C(=O)N[C@@H](CCC(=O)OCC)C(=O)OCC)[C@H](C)CC. The van der Waals surface area contributed by atoms with E-state index in [0.29, 0.717) is 22.3 Å². The van der Waals surface area contributed by atoms with E-state index in [-0.39, 0.29) is 32.0 Å². The Hall–Kier alpha value is -2.61. The van der Waals surface area contributed by atoms with Crippen molar-refractivity contribution >= 4 is 35.4 Å². The molecule has 0 aliphatic heterocycles. The van der Waals surface area contributed by atoms with Gasteiger partial charge in [0.1, 0.15) is 12.1 Å². The Morgan fingerprint density at radius 3 is 2.18 bits per heavy atom. The molecule has 9 heteroatoms. The average molecular weight is 498 g/mol. The van der Waals surface area contributed by atoms with Gasteiger partial charge in [-0.15, -0.1) is 0 Å². The highest BCUT2D eigenvalue weighted by Gasteiger charge is 2.36. The number of nitrogens with one attached hydrogen (secondary N) is 2. The average Bonchev–Trinajstić information content (AvgIpc) is 2.81. The van der Waals surface area contributed by atoms with Crippen LogP contribution in [0.1, 0.15) is 66.4 Å². The molecule has 0 saturated carbocycles. The lowest BCUT2D eigenvalue weighted by molar-refractivity contribution is -0.149. The molecule has 0 aliphatic rings. The minimum absolute atomic E-state index is 0.0289. The standard InChI is InChI=1S/C25H37ClN2O6/c1-7-16(4)21(28-24(32)25(5,6)17-10-12-18(26)13-11-17)22(30)27-19(23(31)34-9-3)14-15-20(29)33-8-2/h10-13,16,19,21H,7-9,14-15H2,1-6H3,(H,27,30)(H,28,32)/t16-,19+,21+/m1/s1/i/hD. The molecule has 1 aromatic carbocycles. The first kappa shape index (κ1) is 27.6. The van der Waals surface area contributed by atoms with E-state index in [9.17, 15) is 19.2 Å². The zero-order valence-corrected chi connectivity index (χ0v) is 21.6. The van der Waals surface area contributed by atoms with Crippen molar-refractivity contribution in [1.82, 2.24) is 10.6 Å². The molecular formula is C25H37ClN2O6. The molecule has 2 N–H and O–H groups in total. The summed E-state index contributed by atoms with van der Waals surface area (Å²) in [6.45, 7) is 10.5. The lowest BCUT2D eigenvalue weighted by Crippen LogP contribution is -2.56. The predicted octanol–water partition coefficient (Wildman–Crippen LogP) is 3.54. The van der Waals surface area contributed by atoms with Gasteiger partial charge >= 0.3 is 11.9 Å². The van der Waals surface area contributed by atoms with Crippen LogP contribution in [0.25, 0.3) is 0 Å². The summed E-state index contributed by atoms with van der Waals surface area (Å²) in [6.07, 6.45) is 0.382. The van der Waals surface area contributed by atoms with Gasteiger partial charge in [-0.25, -0.2) is 4.79 Å². The maximum atomic E-state index is 13.4. The van der Waals surface area contributed by atoms with Gasteiger partial charge in [-0.2, -0.15) is 0 Å². The topological polar surface area (TPSA) is 111 Å². The molecule has 0 unspecified atom stereocenters. The zero-order chi connectivity index (χ0) is 26.8. The Bertz CT molecular complexity index is 877. The number of esters is 2. The van der Waals surface area contributed by atoms with E-state index in [1.54, 1.807) is 58.9 Å². The molecule has 0 heterocycles. The highest BCUT2D eigenvalue weighted by Crippen LogP contribution is 2.25. The molecule has 190 valence electrons. The van der Waals surface area contributed by atoms with Crippen molar-refractivity contribution in [3.63, 3.8) is 0 Å². The normalized spacial score (nSPS) is 14.3. The monoisotopic (exact) mass is 497 g/mol. The molecule has 0 aliphatic carbocycles. The van der Waals surface area contributed by atoms with Gasteiger partial charge in [0.05, 0.1) is 18.6 Å². The second-order valence-electron chi connectivity index (χ2n) is 8.55. The van der Waals surface area contributed by atoms with Crippen LogP contribution in [0, 0.1) is 5.92 Å². The highest BCUT2D eigenvalue weighted by atomic mass is 35.5. The summed E-state index contributed by atoms with van der Waals surface area (Å²) in [5.74, 6) is -2.84. The van der Waals surface area contributed by atoms with E-state index in [1.807, 2.05) is 6.92 Å². The summed E-state index contributed by atoms with van der Waals surface area (Å²) in [5.41, 5.74) is -0.464. The molecular weight excluding hydrogens is 460 g/mol. The van der Waals surface area contributed by atoms with Gasteiger partial charge in [0, 0.05) is 11.4 Å². The first-order valence-electron chi connectivity index (χ1n) is 12.1. The van der Waals surface area contributed by atoms with Crippen LogP contribution in [0.3, 0.4) is 0 Å². The maximum absolute atomic E-state index is 13.4. The van der Waals surface area contributed by atoms with Gasteiger partial charge in [0.15, 0.2) is 1.41 Å². The number of carbonyl (C=O) groups excluding carboxylic acids is 4. The van der Waals surface area contributed by atoms with Crippen LogP contribution < -0.4 is 10.6 Å². The van der Waals surface area contributed by atoms with Crippen LogP contribution in [0.4, 0.5) is 0 Å². The minimum Gasteiger partial charge on any atom is -0.466 e.